The standard InChI is InChI=1S/C21H31NO6S/c1-18(2,3)26-16(23)21(22-17(24)27-19(4,5)6)13-20(21,14-25-28-29-7)15-11-9-8-10-12-15/h8-12H,13-14H2,1-7H3,(H,22,24). The third-order valence-electron chi connectivity index (χ3n) is 4.47. The monoisotopic (exact) mass is 425 g/mol. The van der Waals surface area contributed by atoms with Crippen molar-refractivity contribution in [2.45, 2.75) is 70.1 Å². The summed E-state index contributed by atoms with van der Waals surface area (Å²) in [6, 6.07) is 9.42. The number of carbonyl (C=O) groups is 2. The van der Waals surface area contributed by atoms with Gasteiger partial charge in [-0.3, -0.25) is 0 Å². The summed E-state index contributed by atoms with van der Waals surface area (Å²) < 4.78 is 16.1. The smallest absolute Gasteiger partial charge is 0.408 e. The molecular formula is C21H31NO6S. The lowest BCUT2D eigenvalue weighted by Gasteiger charge is -2.30. The molecule has 1 N–H and O–H groups in total. The Labute approximate surface area is 176 Å². The molecule has 1 aromatic rings. The first-order valence-electron chi connectivity index (χ1n) is 9.48. The molecule has 2 unspecified atom stereocenters. The minimum absolute atomic E-state index is 0.0624. The first-order valence-corrected chi connectivity index (χ1v) is 10.6. The predicted octanol–water partition coefficient (Wildman–Crippen LogP) is 4.16. The van der Waals surface area contributed by atoms with Gasteiger partial charge in [0.2, 0.25) is 0 Å². The zero-order valence-corrected chi connectivity index (χ0v) is 19.0. The molecule has 7 nitrogen and oxygen atoms in total. The molecule has 0 aromatic heterocycles. The van der Waals surface area contributed by atoms with Crippen molar-refractivity contribution in [1.29, 1.82) is 0 Å². The number of nitrogens with one attached hydrogen (secondary N) is 1. The van der Waals surface area contributed by atoms with Crippen LogP contribution in [-0.4, -0.2) is 41.7 Å². The summed E-state index contributed by atoms with van der Waals surface area (Å²) in [5.74, 6) is -0.535. The fraction of sp³-hybridized carbons (Fsp3) is 0.619. The van der Waals surface area contributed by atoms with Crippen molar-refractivity contribution < 1.29 is 28.3 Å². The minimum atomic E-state index is -1.33. The first kappa shape index (κ1) is 23.5. The Kier molecular flexibility index (Phi) is 6.92. The lowest BCUT2D eigenvalue weighted by molar-refractivity contribution is -0.200. The normalized spacial score (nSPS) is 24.0. The molecule has 0 radical (unpaired) electrons. The molecule has 1 saturated carbocycles. The highest BCUT2D eigenvalue weighted by Crippen LogP contribution is 2.59. The average molecular weight is 426 g/mol. The van der Waals surface area contributed by atoms with E-state index in [0.717, 1.165) is 17.6 Å². The van der Waals surface area contributed by atoms with Gasteiger partial charge in [0, 0.05) is 18.3 Å². The number of carbonyl (C=O) groups excluding carboxylic acids is 2. The van der Waals surface area contributed by atoms with Gasteiger partial charge in [-0.1, -0.05) is 30.3 Å². The quantitative estimate of drug-likeness (QED) is 0.231. The van der Waals surface area contributed by atoms with E-state index in [-0.39, 0.29) is 6.61 Å². The Morgan fingerprint density at radius 2 is 1.62 bits per heavy atom. The molecule has 8 heteroatoms. The lowest BCUT2D eigenvalue weighted by Crippen LogP contribution is -2.53. The number of alkyl carbamates (subject to hydrolysis) is 1. The van der Waals surface area contributed by atoms with Gasteiger partial charge in [0.25, 0.3) is 0 Å². The lowest BCUT2D eigenvalue weighted by atomic mass is 9.91. The van der Waals surface area contributed by atoms with Crippen molar-refractivity contribution in [3.05, 3.63) is 35.9 Å². The van der Waals surface area contributed by atoms with Crippen LogP contribution in [0.5, 0.6) is 0 Å². The van der Waals surface area contributed by atoms with Gasteiger partial charge in [-0.05, 0) is 53.5 Å². The van der Waals surface area contributed by atoms with Gasteiger partial charge in [0.1, 0.15) is 11.2 Å². The summed E-state index contributed by atoms with van der Waals surface area (Å²) in [4.78, 5) is 31.2. The van der Waals surface area contributed by atoms with Crippen molar-refractivity contribution in [2.75, 3.05) is 12.9 Å². The van der Waals surface area contributed by atoms with E-state index in [1.54, 1.807) is 47.8 Å². The number of ether oxygens (including phenoxy) is 2. The van der Waals surface area contributed by atoms with Crippen LogP contribution in [0.4, 0.5) is 4.79 Å². The summed E-state index contributed by atoms with van der Waals surface area (Å²) in [6.07, 6.45) is 1.34. The van der Waals surface area contributed by atoms with Crippen LogP contribution >= 0.6 is 12.0 Å². The van der Waals surface area contributed by atoms with E-state index in [2.05, 4.69) is 5.32 Å². The fourth-order valence-corrected chi connectivity index (χ4v) is 3.41. The summed E-state index contributed by atoms with van der Waals surface area (Å²) in [5, 5.41) is 2.78. The maximum Gasteiger partial charge on any atom is 0.408 e. The molecule has 0 aliphatic heterocycles. The average Bonchev–Trinajstić information content (AvgIpc) is 3.22. The third kappa shape index (κ3) is 5.65. The predicted molar refractivity (Wildman–Crippen MR) is 111 cm³/mol. The summed E-state index contributed by atoms with van der Waals surface area (Å²) in [7, 11) is 0. The molecule has 0 saturated heterocycles. The molecule has 1 aliphatic rings. The van der Waals surface area contributed by atoms with Crippen LogP contribution in [0.3, 0.4) is 0 Å². The highest BCUT2D eigenvalue weighted by atomic mass is 32.2. The van der Waals surface area contributed by atoms with E-state index in [9.17, 15) is 9.59 Å². The Bertz CT molecular complexity index is 727. The van der Waals surface area contributed by atoms with E-state index < -0.39 is 34.2 Å². The second kappa shape index (κ2) is 8.53. The summed E-state index contributed by atoms with van der Waals surface area (Å²) >= 11 is 1.06. The number of rotatable bonds is 7. The van der Waals surface area contributed by atoms with Gasteiger partial charge < -0.3 is 14.8 Å². The second-order valence-electron chi connectivity index (χ2n) is 9.16. The Morgan fingerprint density at radius 3 is 2.14 bits per heavy atom. The van der Waals surface area contributed by atoms with Crippen molar-refractivity contribution in [1.82, 2.24) is 5.32 Å². The van der Waals surface area contributed by atoms with Crippen LogP contribution in [0, 0.1) is 0 Å². The van der Waals surface area contributed by atoms with Gasteiger partial charge >= 0.3 is 12.1 Å². The number of hydrogen-bond acceptors (Lipinski definition) is 7. The molecule has 29 heavy (non-hydrogen) atoms. The van der Waals surface area contributed by atoms with Crippen molar-refractivity contribution in [3.63, 3.8) is 0 Å². The minimum Gasteiger partial charge on any atom is -0.458 e. The van der Waals surface area contributed by atoms with Gasteiger partial charge in [0.15, 0.2) is 5.54 Å². The van der Waals surface area contributed by atoms with Crippen LogP contribution < -0.4 is 5.32 Å². The van der Waals surface area contributed by atoms with Gasteiger partial charge in [-0.15, -0.1) is 0 Å². The highest BCUT2D eigenvalue weighted by Gasteiger charge is 2.76. The molecular weight excluding hydrogens is 394 g/mol. The molecule has 1 fully saturated rings. The van der Waals surface area contributed by atoms with E-state index in [1.165, 1.54) is 0 Å². The zero-order chi connectivity index (χ0) is 21.9. The molecule has 1 aromatic carbocycles. The van der Waals surface area contributed by atoms with Gasteiger partial charge in [-0.25, -0.2) is 14.5 Å². The zero-order valence-electron chi connectivity index (χ0n) is 18.2. The van der Waals surface area contributed by atoms with Crippen LogP contribution in [0.1, 0.15) is 53.5 Å². The Morgan fingerprint density at radius 1 is 1.03 bits per heavy atom. The van der Waals surface area contributed by atoms with Crippen LogP contribution in [0.25, 0.3) is 0 Å². The highest BCUT2D eigenvalue weighted by molar-refractivity contribution is 7.93. The molecule has 1 amide bonds. The topological polar surface area (TPSA) is 83.1 Å². The Hall–Kier alpha value is -1.77. The second-order valence-corrected chi connectivity index (χ2v) is 9.63. The van der Waals surface area contributed by atoms with Crippen LogP contribution in [0.15, 0.2) is 30.3 Å². The SMILES string of the molecule is CSOOCC1(c2ccccc2)CC1(NC(=O)OC(C)(C)C)C(=O)OC(C)(C)C. The number of benzene rings is 1. The molecule has 0 spiro atoms. The third-order valence-corrected chi connectivity index (χ3v) is 4.70. The maximum absolute atomic E-state index is 13.3. The van der Waals surface area contributed by atoms with Gasteiger partial charge in [0.05, 0.1) is 12.0 Å². The summed E-state index contributed by atoms with van der Waals surface area (Å²) in [5.41, 5.74) is -2.76. The van der Waals surface area contributed by atoms with E-state index in [1.807, 2.05) is 30.3 Å². The number of esters is 1. The van der Waals surface area contributed by atoms with Crippen molar-refractivity contribution in [2.24, 2.45) is 0 Å². The van der Waals surface area contributed by atoms with Crippen molar-refractivity contribution in [3.8, 4) is 0 Å². The molecule has 0 heterocycles. The number of hydrogen-bond donors (Lipinski definition) is 1. The van der Waals surface area contributed by atoms with E-state index >= 15 is 0 Å². The molecule has 1 aliphatic carbocycles. The molecule has 2 rings (SSSR count). The van der Waals surface area contributed by atoms with Gasteiger partial charge in [-0.2, -0.15) is 4.33 Å². The molecule has 2 atom stereocenters. The number of amides is 1. The van der Waals surface area contributed by atoms with E-state index in [4.69, 9.17) is 18.7 Å². The van der Waals surface area contributed by atoms with E-state index in [0.29, 0.717) is 6.42 Å². The van der Waals surface area contributed by atoms with Crippen LogP contribution in [-0.2, 0) is 28.9 Å². The molecule has 0 bridgehead atoms. The Balaban J connectivity index is 2.42. The first-order chi connectivity index (χ1) is 13.4. The van der Waals surface area contributed by atoms with Crippen LogP contribution in [0.2, 0.25) is 0 Å². The molecule has 162 valence electrons. The fourth-order valence-electron chi connectivity index (χ4n) is 3.27. The van der Waals surface area contributed by atoms with Crippen molar-refractivity contribution >= 4 is 24.1 Å². The maximum atomic E-state index is 13.3. The largest absolute Gasteiger partial charge is 0.458 e. The summed E-state index contributed by atoms with van der Waals surface area (Å²) in [6.45, 7) is 10.7.